The van der Waals surface area contributed by atoms with E-state index in [1.165, 1.54) is 12.1 Å². The normalized spacial score (nSPS) is 21.6. The van der Waals surface area contributed by atoms with E-state index >= 15 is 0 Å². The maximum Gasteiger partial charge on any atom is 0.262 e. The fraction of sp³-hybridized carbons (Fsp3) is 0.407. The number of benzene rings is 1. The molecular weight excluding hydrogens is 495 g/mol. The van der Waals surface area contributed by atoms with E-state index in [0.29, 0.717) is 52.5 Å². The minimum atomic E-state index is -0.687. The molecule has 0 bridgehead atoms. The molecule has 2 atom stereocenters. The van der Waals surface area contributed by atoms with Gasteiger partial charge in [-0.1, -0.05) is 12.1 Å². The summed E-state index contributed by atoms with van der Waals surface area (Å²) < 4.78 is 15.7. The maximum atomic E-state index is 13.7. The molecule has 1 saturated heterocycles. The number of nitrogens with zero attached hydrogens (tertiary/aromatic N) is 4. The minimum absolute atomic E-state index is 0. The summed E-state index contributed by atoms with van der Waals surface area (Å²) in [7, 11) is 0. The van der Waals surface area contributed by atoms with Gasteiger partial charge in [-0.2, -0.15) is 5.10 Å². The number of nitrogens with one attached hydrogen (secondary N) is 2. The molecule has 194 valence electrons. The molecule has 6 rings (SSSR count). The fourth-order valence-corrected chi connectivity index (χ4v) is 5.44. The quantitative estimate of drug-likeness (QED) is 0.351. The summed E-state index contributed by atoms with van der Waals surface area (Å²) in [4.78, 5) is 25.5. The average Bonchev–Trinajstić information content (AvgIpc) is 3.61. The van der Waals surface area contributed by atoms with Crippen LogP contribution in [0.15, 0.2) is 41.3 Å². The van der Waals surface area contributed by atoms with Crippen LogP contribution in [0.5, 0.6) is 5.75 Å². The molecule has 8 nitrogen and oxygen atoms in total. The van der Waals surface area contributed by atoms with E-state index in [0.717, 1.165) is 36.9 Å². The Hall–Kier alpha value is -3.30. The number of H-pyrrole nitrogens is 1. The van der Waals surface area contributed by atoms with Crippen LogP contribution in [0.1, 0.15) is 68.6 Å². The van der Waals surface area contributed by atoms with Gasteiger partial charge in [0.2, 0.25) is 0 Å². The van der Waals surface area contributed by atoms with Crippen molar-refractivity contribution in [3.8, 4) is 17.0 Å². The zero-order chi connectivity index (χ0) is 25.0. The highest BCUT2D eigenvalue weighted by atomic mass is 35.5. The van der Waals surface area contributed by atoms with Crippen LogP contribution >= 0.6 is 12.4 Å². The zero-order valence-corrected chi connectivity index (χ0v) is 21.6. The zero-order valence-electron chi connectivity index (χ0n) is 20.7. The smallest absolute Gasteiger partial charge is 0.262 e. The first kappa shape index (κ1) is 25.4. The van der Waals surface area contributed by atoms with E-state index in [-0.39, 0.29) is 24.0 Å². The van der Waals surface area contributed by atoms with E-state index in [2.05, 4.69) is 29.1 Å². The molecule has 0 radical (unpaired) electrons. The monoisotopic (exact) mass is 524 g/mol. The van der Waals surface area contributed by atoms with Gasteiger partial charge in [0.25, 0.3) is 5.56 Å². The Labute approximate surface area is 219 Å². The molecule has 2 aliphatic rings. The van der Waals surface area contributed by atoms with Crippen molar-refractivity contribution in [1.29, 1.82) is 0 Å². The Morgan fingerprint density at radius 1 is 1.14 bits per heavy atom. The lowest BCUT2D eigenvalue weighted by Crippen LogP contribution is -2.43. The first-order valence-corrected chi connectivity index (χ1v) is 12.6. The molecule has 0 amide bonds. The van der Waals surface area contributed by atoms with Crippen LogP contribution in [-0.2, 0) is 6.42 Å². The van der Waals surface area contributed by atoms with Crippen LogP contribution in [-0.4, -0.2) is 41.9 Å². The summed E-state index contributed by atoms with van der Waals surface area (Å²) in [6.45, 7) is 4.37. The number of aromatic amines is 1. The Bertz CT molecular complexity index is 1490. The second-order valence-corrected chi connectivity index (χ2v) is 10.3. The number of pyridine rings is 1. The maximum absolute atomic E-state index is 13.7. The Kier molecular flexibility index (Phi) is 6.76. The molecular formula is C27H30ClFN6O2. The summed E-state index contributed by atoms with van der Waals surface area (Å²) >= 11 is 0. The van der Waals surface area contributed by atoms with Crippen LogP contribution in [0.2, 0.25) is 0 Å². The van der Waals surface area contributed by atoms with Crippen molar-refractivity contribution < 1.29 is 9.50 Å². The molecule has 2 fully saturated rings. The van der Waals surface area contributed by atoms with Crippen molar-refractivity contribution in [2.75, 3.05) is 0 Å². The number of aromatic hydroxyl groups is 1. The van der Waals surface area contributed by atoms with Gasteiger partial charge in [0.15, 0.2) is 17.2 Å². The number of piperidine rings is 1. The standard InChI is InChI=1S/C27H29FN6O2.ClH/c1-14-10-18(11-15(2)30-14)34-26-23(24(33-34)17-7-8-17)27(36)32-22(31-26)12-16-6-9-21(29-13-16)19-4-3-5-20(28)25(19)35;/h3-6,9,13-15,17-18,30,35H,7-8,10-12H2,1-2H3,(H,31,32,36);1H. The van der Waals surface area contributed by atoms with E-state index in [4.69, 9.17) is 10.1 Å². The molecule has 0 spiro atoms. The van der Waals surface area contributed by atoms with E-state index in [1.54, 1.807) is 18.3 Å². The lowest BCUT2D eigenvalue weighted by Gasteiger charge is -2.33. The van der Waals surface area contributed by atoms with Crippen LogP contribution in [0.3, 0.4) is 0 Å². The number of aromatic nitrogens is 5. The Morgan fingerprint density at radius 3 is 2.57 bits per heavy atom. The molecule has 3 aromatic heterocycles. The van der Waals surface area contributed by atoms with Gasteiger partial charge < -0.3 is 15.4 Å². The molecule has 4 aromatic rings. The number of phenols is 1. The SMILES string of the molecule is CC1CC(n2nc(C3CC3)c3c(=O)[nH]c(Cc4ccc(-c5cccc(F)c5O)nc4)nc32)CC(C)N1.Cl. The molecule has 1 aromatic carbocycles. The number of para-hydroxylation sites is 1. The van der Waals surface area contributed by atoms with Gasteiger partial charge in [-0.15, -0.1) is 12.4 Å². The fourth-order valence-electron chi connectivity index (χ4n) is 5.44. The number of halogens is 2. The topological polar surface area (TPSA) is 109 Å². The number of rotatable bonds is 5. The highest BCUT2D eigenvalue weighted by molar-refractivity contribution is 5.85. The predicted octanol–water partition coefficient (Wildman–Crippen LogP) is 4.62. The van der Waals surface area contributed by atoms with Gasteiger partial charge >= 0.3 is 0 Å². The van der Waals surface area contributed by atoms with Crippen LogP contribution < -0.4 is 10.9 Å². The molecule has 1 saturated carbocycles. The van der Waals surface area contributed by atoms with Crippen molar-refractivity contribution in [1.82, 2.24) is 30.0 Å². The van der Waals surface area contributed by atoms with E-state index < -0.39 is 11.6 Å². The van der Waals surface area contributed by atoms with Crippen LogP contribution in [0.4, 0.5) is 4.39 Å². The lowest BCUT2D eigenvalue weighted by molar-refractivity contribution is 0.253. The van der Waals surface area contributed by atoms with Gasteiger partial charge in [0.05, 0.1) is 17.4 Å². The second kappa shape index (κ2) is 9.87. The third-order valence-electron chi connectivity index (χ3n) is 7.23. The van der Waals surface area contributed by atoms with Gasteiger partial charge in [-0.25, -0.2) is 14.1 Å². The van der Waals surface area contributed by atoms with Crippen molar-refractivity contribution in [2.45, 2.75) is 70.0 Å². The molecule has 10 heteroatoms. The first-order chi connectivity index (χ1) is 17.4. The van der Waals surface area contributed by atoms with Gasteiger partial charge in [0, 0.05) is 36.2 Å². The van der Waals surface area contributed by atoms with E-state index in [9.17, 15) is 14.3 Å². The van der Waals surface area contributed by atoms with Crippen molar-refractivity contribution in [3.05, 3.63) is 69.8 Å². The largest absolute Gasteiger partial charge is 0.504 e. The number of phenolic OH excluding ortho intramolecular Hbond substituents is 1. The van der Waals surface area contributed by atoms with Crippen LogP contribution in [0.25, 0.3) is 22.3 Å². The third kappa shape index (κ3) is 4.85. The lowest BCUT2D eigenvalue weighted by atomic mass is 9.95. The average molecular weight is 525 g/mol. The summed E-state index contributed by atoms with van der Waals surface area (Å²) in [6, 6.07) is 8.86. The predicted molar refractivity (Wildman–Crippen MR) is 142 cm³/mol. The molecule has 2 unspecified atom stereocenters. The van der Waals surface area contributed by atoms with Gasteiger partial charge in [0.1, 0.15) is 11.2 Å². The molecule has 1 aliphatic heterocycles. The Morgan fingerprint density at radius 2 is 1.89 bits per heavy atom. The van der Waals surface area contributed by atoms with Crippen LogP contribution in [0, 0.1) is 5.82 Å². The molecule has 3 N–H and O–H groups in total. The van der Waals surface area contributed by atoms with Gasteiger partial charge in [-0.05, 0) is 63.3 Å². The van der Waals surface area contributed by atoms with Crippen molar-refractivity contribution in [2.24, 2.45) is 0 Å². The summed E-state index contributed by atoms with van der Waals surface area (Å²) in [5.41, 5.74) is 3.04. The highest BCUT2D eigenvalue weighted by Gasteiger charge is 2.34. The number of hydrogen-bond donors (Lipinski definition) is 3. The highest BCUT2D eigenvalue weighted by Crippen LogP contribution is 2.42. The van der Waals surface area contributed by atoms with E-state index in [1.807, 2.05) is 10.7 Å². The summed E-state index contributed by atoms with van der Waals surface area (Å²) in [6.07, 6.45) is 6.04. The number of fused-ring (bicyclic) bond motifs is 1. The molecule has 1 aliphatic carbocycles. The van der Waals surface area contributed by atoms with Gasteiger partial charge in [-0.3, -0.25) is 9.78 Å². The number of hydrogen-bond acceptors (Lipinski definition) is 6. The van der Waals surface area contributed by atoms with Crippen molar-refractivity contribution >= 4 is 23.4 Å². The first-order valence-electron chi connectivity index (χ1n) is 12.6. The Balaban J connectivity index is 0.00000280. The molecule has 4 heterocycles. The third-order valence-corrected chi connectivity index (χ3v) is 7.23. The minimum Gasteiger partial charge on any atom is -0.504 e. The summed E-state index contributed by atoms with van der Waals surface area (Å²) in [5, 5.41) is 19.2. The summed E-state index contributed by atoms with van der Waals surface area (Å²) in [5.74, 6) is -0.215. The van der Waals surface area contributed by atoms with Crippen molar-refractivity contribution in [3.63, 3.8) is 0 Å². The molecule has 37 heavy (non-hydrogen) atoms. The second-order valence-electron chi connectivity index (χ2n) is 10.3.